The minimum Gasteiger partial charge on any atom is -0.469 e. The van der Waals surface area contributed by atoms with E-state index >= 15 is 0 Å². The molecule has 90 valence electrons. The Hall–Kier alpha value is -1.58. The standard InChI is InChI=1S/C14H17NO2/c15-13(9-14-7-4-8-17-14)11-16-10-12-5-2-1-3-6-12/h1-8,13H,9-11,15H2. The van der Waals surface area contributed by atoms with Crippen LogP contribution < -0.4 is 5.73 Å². The van der Waals surface area contributed by atoms with Crippen LogP contribution in [0.2, 0.25) is 0 Å². The summed E-state index contributed by atoms with van der Waals surface area (Å²) in [5.74, 6) is 0.904. The summed E-state index contributed by atoms with van der Waals surface area (Å²) in [6.45, 7) is 1.14. The molecule has 0 radical (unpaired) electrons. The number of benzene rings is 1. The lowest BCUT2D eigenvalue weighted by Crippen LogP contribution is -2.28. The van der Waals surface area contributed by atoms with Gasteiger partial charge in [0.1, 0.15) is 5.76 Å². The van der Waals surface area contributed by atoms with Crippen LogP contribution in [-0.4, -0.2) is 12.6 Å². The molecule has 1 heterocycles. The maximum Gasteiger partial charge on any atom is 0.105 e. The van der Waals surface area contributed by atoms with Crippen molar-refractivity contribution in [3.05, 3.63) is 60.1 Å². The highest BCUT2D eigenvalue weighted by Crippen LogP contribution is 2.05. The van der Waals surface area contributed by atoms with Crippen LogP contribution in [0.1, 0.15) is 11.3 Å². The van der Waals surface area contributed by atoms with Gasteiger partial charge in [0.15, 0.2) is 0 Å². The monoisotopic (exact) mass is 231 g/mol. The summed E-state index contributed by atoms with van der Waals surface area (Å²) in [4.78, 5) is 0. The van der Waals surface area contributed by atoms with Crippen molar-refractivity contribution in [2.24, 2.45) is 5.73 Å². The third-order valence-electron chi connectivity index (χ3n) is 2.49. The van der Waals surface area contributed by atoms with Crippen molar-refractivity contribution >= 4 is 0 Å². The van der Waals surface area contributed by atoms with Gasteiger partial charge in [-0.25, -0.2) is 0 Å². The van der Waals surface area contributed by atoms with E-state index in [1.54, 1.807) is 6.26 Å². The third-order valence-corrected chi connectivity index (χ3v) is 2.49. The van der Waals surface area contributed by atoms with Crippen molar-refractivity contribution in [1.82, 2.24) is 0 Å². The second kappa shape index (κ2) is 6.23. The molecule has 0 amide bonds. The van der Waals surface area contributed by atoms with Crippen molar-refractivity contribution in [3.8, 4) is 0 Å². The first-order chi connectivity index (χ1) is 8.34. The highest BCUT2D eigenvalue weighted by Gasteiger charge is 2.06. The Kier molecular flexibility index (Phi) is 4.36. The molecule has 1 aromatic heterocycles. The molecule has 2 aromatic rings. The lowest BCUT2D eigenvalue weighted by molar-refractivity contribution is 0.106. The van der Waals surface area contributed by atoms with Crippen LogP contribution in [0.3, 0.4) is 0 Å². The Labute approximate surface area is 101 Å². The zero-order chi connectivity index (χ0) is 11.9. The molecule has 0 saturated heterocycles. The minimum absolute atomic E-state index is 0.0233. The molecule has 0 fully saturated rings. The van der Waals surface area contributed by atoms with Crippen LogP contribution in [-0.2, 0) is 17.8 Å². The Morgan fingerprint density at radius 1 is 1.12 bits per heavy atom. The number of hydrogen-bond donors (Lipinski definition) is 1. The first-order valence-electron chi connectivity index (χ1n) is 5.74. The number of nitrogens with two attached hydrogens (primary N) is 1. The molecule has 3 heteroatoms. The van der Waals surface area contributed by atoms with Crippen molar-refractivity contribution < 1.29 is 9.15 Å². The average molecular weight is 231 g/mol. The first-order valence-corrected chi connectivity index (χ1v) is 5.74. The molecular formula is C14H17NO2. The Morgan fingerprint density at radius 2 is 1.94 bits per heavy atom. The molecule has 0 aliphatic rings. The number of ether oxygens (including phenoxy) is 1. The molecule has 1 atom stereocenters. The highest BCUT2D eigenvalue weighted by atomic mass is 16.5. The fourth-order valence-electron chi connectivity index (χ4n) is 1.65. The van der Waals surface area contributed by atoms with Gasteiger partial charge in [-0.3, -0.25) is 0 Å². The topological polar surface area (TPSA) is 48.4 Å². The van der Waals surface area contributed by atoms with E-state index in [0.29, 0.717) is 19.6 Å². The molecule has 1 aromatic carbocycles. The molecule has 3 nitrogen and oxygen atoms in total. The lowest BCUT2D eigenvalue weighted by Gasteiger charge is -2.10. The van der Waals surface area contributed by atoms with Gasteiger partial charge < -0.3 is 14.9 Å². The van der Waals surface area contributed by atoms with Gasteiger partial charge in [-0.15, -0.1) is 0 Å². The number of rotatable bonds is 6. The Morgan fingerprint density at radius 3 is 2.65 bits per heavy atom. The molecular weight excluding hydrogens is 214 g/mol. The SMILES string of the molecule is NC(COCc1ccccc1)Cc1ccco1. The summed E-state index contributed by atoms with van der Waals surface area (Å²) in [5.41, 5.74) is 7.11. The molecule has 0 bridgehead atoms. The average Bonchev–Trinajstić information content (AvgIpc) is 2.83. The fourth-order valence-corrected chi connectivity index (χ4v) is 1.65. The lowest BCUT2D eigenvalue weighted by atomic mass is 10.2. The van der Waals surface area contributed by atoms with Crippen molar-refractivity contribution in [1.29, 1.82) is 0 Å². The summed E-state index contributed by atoms with van der Waals surface area (Å²) in [7, 11) is 0. The van der Waals surface area contributed by atoms with Gasteiger partial charge in [0.05, 0.1) is 19.5 Å². The maximum absolute atomic E-state index is 5.94. The smallest absolute Gasteiger partial charge is 0.105 e. The predicted octanol–water partition coefficient (Wildman–Crippen LogP) is 2.37. The largest absolute Gasteiger partial charge is 0.469 e. The quantitative estimate of drug-likeness (QED) is 0.830. The molecule has 1 unspecified atom stereocenters. The highest BCUT2D eigenvalue weighted by molar-refractivity contribution is 5.13. The Balaban J connectivity index is 1.68. The van der Waals surface area contributed by atoms with E-state index in [-0.39, 0.29) is 6.04 Å². The van der Waals surface area contributed by atoms with E-state index in [1.807, 2.05) is 42.5 Å². The minimum atomic E-state index is -0.0233. The first kappa shape index (κ1) is 11.9. The van der Waals surface area contributed by atoms with Gasteiger partial charge in [-0.05, 0) is 17.7 Å². The molecule has 0 aliphatic heterocycles. The fraction of sp³-hybridized carbons (Fsp3) is 0.286. The zero-order valence-electron chi connectivity index (χ0n) is 9.71. The Bertz CT molecular complexity index is 411. The zero-order valence-corrected chi connectivity index (χ0v) is 9.71. The molecule has 2 rings (SSSR count). The molecule has 17 heavy (non-hydrogen) atoms. The maximum atomic E-state index is 5.94. The van der Waals surface area contributed by atoms with E-state index in [1.165, 1.54) is 0 Å². The van der Waals surface area contributed by atoms with Gasteiger partial charge in [-0.2, -0.15) is 0 Å². The van der Waals surface area contributed by atoms with E-state index < -0.39 is 0 Å². The third kappa shape index (κ3) is 4.06. The summed E-state index contributed by atoms with van der Waals surface area (Å²) < 4.78 is 10.8. The van der Waals surface area contributed by atoms with Crippen molar-refractivity contribution in [2.45, 2.75) is 19.1 Å². The van der Waals surface area contributed by atoms with E-state index in [0.717, 1.165) is 11.3 Å². The van der Waals surface area contributed by atoms with Crippen molar-refractivity contribution in [2.75, 3.05) is 6.61 Å². The second-order valence-corrected chi connectivity index (χ2v) is 4.04. The van der Waals surface area contributed by atoms with Crippen molar-refractivity contribution in [3.63, 3.8) is 0 Å². The molecule has 0 saturated carbocycles. The van der Waals surface area contributed by atoms with E-state index in [2.05, 4.69) is 0 Å². The van der Waals surface area contributed by atoms with Gasteiger partial charge >= 0.3 is 0 Å². The number of hydrogen-bond acceptors (Lipinski definition) is 3. The van der Waals surface area contributed by atoms with Crippen LogP contribution in [0, 0.1) is 0 Å². The summed E-state index contributed by atoms with van der Waals surface area (Å²) in [6.07, 6.45) is 2.37. The summed E-state index contributed by atoms with van der Waals surface area (Å²) in [6, 6.07) is 13.8. The molecule has 0 aliphatic carbocycles. The van der Waals surface area contributed by atoms with Gasteiger partial charge in [0.2, 0.25) is 0 Å². The van der Waals surface area contributed by atoms with Crippen LogP contribution in [0.15, 0.2) is 53.1 Å². The van der Waals surface area contributed by atoms with Crippen LogP contribution in [0.5, 0.6) is 0 Å². The summed E-state index contributed by atoms with van der Waals surface area (Å²) >= 11 is 0. The van der Waals surface area contributed by atoms with Gasteiger partial charge in [0, 0.05) is 12.5 Å². The summed E-state index contributed by atoms with van der Waals surface area (Å²) in [5, 5.41) is 0. The molecule has 0 spiro atoms. The van der Waals surface area contributed by atoms with Gasteiger partial charge in [-0.1, -0.05) is 30.3 Å². The van der Waals surface area contributed by atoms with E-state index in [9.17, 15) is 0 Å². The predicted molar refractivity (Wildman–Crippen MR) is 66.5 cm³/mol. The normalized spacial score (nSPS) is 12.5. The van der Waals surface area contributed by atoms with Gasteiger partial charge in [0.25, 0.3) is 0 Å². The van der Waals surface area contributed by atoms with Crippen LogP contribution in [0.4, 0.5) is 0 Å². The second-order valence-electron chi connectivity index (χ2n) is 4.04. The van der Waals surface area contributed by atoms with E-state index in [4.69, 9.17) is 14.9 Å². The number of furan rings is 1. The molecule has 2 N–H and O–H groups in total. The van der Waals surface area contributed by atoms with Crippen LogP contribution in [0.25, 0.3) is 0 Å². The van der Waals surface area contributed by atoms with Crippen LogP contribution >= 0.6 is 0 Å².